The van der Waals surface area contributed by atoms with Crippen molar-refractivity contribution in [1.29, 1.82) is 0 Å². The predicted octanol–water partition coefficient (Wildman–Crippen LogP) is 4.76. The van der Waals surface area contributed by atoms with Crippen LogP contribution in [-0.2, 0) is 11.2 Å². The van der Waals surface area contributed by atoms with Gasteiger partial charge >= 0.3 is 0 Å². The minimum absolute atomic E-state index is 0.0199. The lowest BCUT2D eigenvalue weighted by Gasteiger charge is -2.10. The summed E-state index contributed by atoms with van der Waals surface area (Å²) in [6.07, 6.45) is 1.44. The molecule has 3 nitrogen and oxygen atoms in total. The number of carbonyl (C=O) groups is 1. The van der Waals surface area contributed by atoms with Crippen LogP contribution >= 0.6 is 15.9 Å². The fraction of sp³-hybridized carbons (Fsp3) is 0.278. The predicted molar refractivity (Wildman–Crippen MR) is 96.4 cm³/mol. The summed E-state index contributed by atoms with van der Waals surface area (Å²) >= 11 is 3.44. The Labute approximate surface area is 140 Å². The summed E-state index contributed by atoms with van der Waals surface area (Å²) in [7, 11) is 0. The lowest BCUT2D eigenvalue weighted by atomic mass is 10.1. The number of hydrogen-bond acceptors (Lipinski definition) is 2. The molecule has 4 heteroatoms. The maximum atomic E-state index is 11.9. The van der Waals surface area contributed by atoms with Gasteiger partial charge in [0.2, 0.25) is 5.91 Å². The van der Waals surface area contributed by atoms with Crippen LogP contribution in [0.5, 0.6) is 0 Å². The zero-order valence-electron chi connectivity index (χ0n) is 12.9. The zero-order chi connectivity index (χ0) is 15.9. The van der Waals surface area contributed by atoms with E-state index in [2.05, 4.69) is 39.6 Å². The number of benzene rings is 2. The van der Waals surface area contributed by atoms with E-state index in [9.17, 15) is 4.79 Å². The maximum Gasteiger partial charge on any atom is 0.226 e. The normalized spacial score (nSPS) is 10.3. The summed E-state index contributed by atoms with van der Waals surface area (Å²) in [6.45, 7) is 4.77. The Bertz CT molecular complexity index is 638. The Morgan fingerprint density at radius 1 is 1.14 bits per heavy atom. The van der Waals surface area contributed by atoms with E-state index in [0.29, 0.717) is 13.0 Å². The lowest BCUT2D eigenvalue weighted by molar-refractivity contribution is -0.115. The molecule has 0 aliphatic carbocycles. The molecular formula is C18H21BrN2O. The fourth-order valence-corrected chi connectivity index (χ4v) is 2.66. The zero-order valence-corrected chi connectivity index (χ0v) is 14.5. The third-order valence-corrected chi connectivity index (χ3v) is 4.00. The molecule has 0 radical (unpaired) electrons. The average molecular weight is 361 g/mol. The van der Waals surface area contributed by atoms with E-state index < -0.39 is 0 Å². The number of aryl methyl sites for hydroxylation is 2. The van der Waals surface area contributed by atoms with E-state index in [-0.39, 0.29) is 5.91 Å². The van der Waals surface area contributed by atoms with Gasteiger partial charge < -0.3 is 10.6 Å². The van der Waals surface area contributed by atoms with Crippen LogP contribution in [0.25, 0.3) is 0 Å². The Balaban J connectivity index is 1.79. The summed E-state index contributed by atoms with van der Waals surface area (Å²) < 4.78 is 1.06. The summed E-state index contributed by atoms with van der Waals surface area (Å²) in [6, 6.07) is 14.0. The number of nitrogens with one attached hydrogen (secondary N) is 2. The number of hydrogen-bond donors (Lipinski definition) is 2. The van der Waals surface area contributed by atoms with Crippen molar-refractivity contribution in [3.8, 4) is 0 Å². The second-order valence-electron chi connectivity index (χ2n) is 5.23. The highest BCUT2D eigenvalue weighted by Crippen LogP contribution is 2.20. The lowest BCUT2D eigenvalue weighted by Crippen LogP contribution is -2.16. The van der Waals surface area contributed by atoms with Crippen molar-refractivity contribution in [2.45, 2.75) is 26.7 Å². The Morgan fingerprint density at radius 3 is 2.50 bits per heavy atom. The fourth-order valence-electron chi connectivity index (χ4n) is 2.18. The molecule has 0 aliphatic rings. The molecular weight excluding hydrogens is 340 g/mol. The molecule has 0 bridgehead atoms. The van der Waals surface area contributed by atoms with Gasteiger partial charge in [0.05, 0.1) is 0 Å². The van der Waals surface area contributed by atoms with Crippen LogP contribution in [-0.4, -0.2) is 12.5 Å². The van der Waals surface area contributed by atoms with Gasteiger partial charge in [0.15, 0.2) is 0 Å². The second kappa shape index (κ2) is 7.99. The first-order valence-corrected chi connectivity index (χ1v) is 8.26. The van der Waals surface area contributed by atoms with Crippen molar-refractivity contribution in [1.82, 2.24) is 0 Å². The molecule has 2 rings (SSSR count). The molecule has 2 aromatic rings. The number of amides is 1. The third-order valence-electron chi connectivity index (χ3n) is 3.50. The van der Waals surface area contributed by atoms with Gasteiger partial charge in [-0.05, 0) is 54.8 Å². The van der Waals surface area contributed by atoms with Crippen LogP contribution in [0.15, 0.2) is 46.9 Å². The highest BCUT2D eigenvalue weighted by atomic mass is 79.9. The first kappa shape index (κ1) is 16.6. The minimum Gasteiger partial charge on any atom is -0.384 e. The second-order valence-corrected chi connectivity index (χ2v) is 6.15. The van der Waals surface area contributed by atoms with Crippen LogP contribution < -0.4 is 10.6 Å². The van der Waals surface area contributed by atoms with E-state index in [1.807, 2.05) is 43.3 Å². The van der Waals surface area contributed by atoms with E-state index >= 15 is 0 Å². The minimum atomic E-state index is 0.0199. The van der Waals surface area contributed by atoms with Crippen molar-refractivity contribution in [3.05, 3.63) is 58.1 Å². The van der Waals surface area contributed by atoms with Crippen LogP contribution in [0.2, 0.25) is 0 Å². The molecule has 116 valence electrons. The summed E-state index contributed by atoms with van der Waals surface area (Å²) in [5, 5.41) is 6.21. The number of rotatable bonds is 6. The Kier molecular flexibility index (Phi) is 6.01. The van der Waals surface area contributed by atoms with Gasteiger partial charge in [-0.1, -0.05) is 35.0 Å². The van der Waals surface area contributed by atoms with Crippen LogP contribution in [0, 0.1) is 6.92 Å². The molecule has 22 heavy (non-hydrogen) atoms. The molecule has 1 amide bonds. The quantitative estimate of drug-likeness (QED) is 0.779. The monoisotopic (exact) mass is 360 g/mol. The molecule has 0 heterocycles. The number of halogens is 1. The highest BCUT2D eigenvalue weighted by Gasteiger charge is 2.03. The molecule has 2 N–H and O–H groups in total. The van der Waals surface area contributed by atoms with Crippen molar-refractivity contribution in [2.24, 2.45) is 0 Å². The molecule has 0 aliphatic heterocycles. The van der Waals surface area contributed by atoms with Gasteiger partial charge in [-0.25, -0.2) is 0 Å². The van der Waals surface area contributed by atoms with Crippen LogP contribution in [0.1, 0.15) is 24.5 Å². The Hall–Kier alpha value is -1.81. The SMILES string of the molecule is CCc1ccc(NC(=O)CCNc2ccc(Br)cc2C)cc1. The summed E-state index contributed by atoms with van der Waals surface area (Å²) in [4.78, 5) is 11.9. The Morgan fingerprint density at radius 2 is 1.86 bits per heavy atom. The van der Waals surface area contributed by atoms with Crippen LogP contribution in [0.3, 0.4) is 0 Å². The van der Waals surface area contributed by atoms with Crippen LogP contribution in [0.4, 0.5) is 11.4 Å². The number of anilines is 2. The van der Waals surface area contributed by atoms with Crippen molar-refractivity contribution < 1.29 is 4.79 Å². The molecule has 0 atom stereocenters. The standard InChI is InChI=1S/C18H21BrN2O/c1-3-14-4-7-16(8-5-14)21-18(22)10-11-20-17-9-6-15(19)12-13(17)2/h4-9,12,20H,3,10-11H2,1-2H3,(H,21,22). The van der Waals surface area contributed by atoms with Crippen molar-refractivity contribution in [3.63, 3.8) is 0 Å². The summed E-state index contributed by atoms with van der Waals surface area (Å²) in [5.41, 5.74) is 4.33. The average Bonchev–Trinajstić information content (AvgIpc) is 2.50. The van der Waals surface area contributed by atoms with E-state index in [0.717, 1.165) is 27.8 Å². The van der Waals surface area contributed by atoms with Gasteiger partial charge in [-0.3, -0.25) is 4.79 Å². The first-order valence-electron chi connectivity index (χ1n) is 7.47. The molecule has 2 aromatic carbocycles. The molecule has 0 aromatic heterocycles. The molecule has 0 spiro atoms. The smallest absolute Gasteiger partial charge is 0.226 e. The third kappa shape index (κ3) is 4.88. The summed E-state index contributed by atoms with van der Waals surface area (Å²) in [5.74, 6) is 0.0199. The number of carbonyl (C=O) groups excluding carboxylic acids is 1. The van der Waals surface area contributed by atoms with Gasteiger partial charge in [0, 0.05) is 28.8 Å². The van der Waals surface area contributed by atoms with Gasteiger partial charge in [0.1, 0.15) is 0 Å². The first-order chi connectivity index (χ1) is 10.6. The van der Waals surface area contributed by atoms with Gasteiger partial charge in [-0.2, -0.15) is 0 Å². The van der Waals surface area contributed by atoms with E-state index in [1.165, 1.54) is 5.56 Å². The molecule has 0 saturated heterocycles. The topological polar surface area (TPSA) is 41.1 Å². The molecule has 0 unspecified atom stereocenters. The molecule has 0 saturated carbocycles. The van der Waals surface area contributed by atoms with E-state index in [1.54, 1.807) is 0 Å². The van der Waals surface area contributed by atoms with Crippen molar-refractivity contribution >= 4 is 33.2 Å². The van der Waals surface area contributed by atoms with Gasteiger partial charge in [-0.15, -0.1) is 0 Å². The van der Waals surface area contributed by atoms with E-state index in [4.69, 9.17) is 0 Å². The molecule has 0 fully saturated rings. The highest BCUT2D eigenvalue weighted by molar-refractivity contribution is 9.10. The van der Waals surface area contributed by atoms with Crippen molar-refractivity contribution in [2.75, 3.05) is 17.2 Å². The maximum absolute atomic E-state index is 11.9. The largest absolute Gasteiger partial charge is 0.384 e. The van der Waals surface area contributed by atoms with Gasteiger partial charge in [0.25, 0.3) is 0 Å².